The summed E-state index contributed by atoms with van der Waals surface area (Å²) >= 11 is 0. The number of nitrogens with zero attached hydrogens (tertiary/aromatic N) is 4. The summed E-state index contributed by atoms with van der Waals surface area (Å²) in [4.78, 5) is 2.07. The minimum absolute atomic E-state index is 0.585. The number of hydrogen-bond acceptors (Lipinski definition) is 2. The van der Waals surface area contributed by atoms with Crippen molar-refractivity contribution in [3.63, 3.8) is 0 Å². The molecule has 39 heavy (non-hydrogen) atoms. The van der Waals surface area contributed by atoms with Crippen molar-refractivity contribution in [1.29, 1.82) is 0 Å². The Morgan fingerprint density at radius 3 is 1.69 bits per heavy atom. The molecule has 1 aliphatic heterocycles. The van der Waals surface area contributed by atoms with Crippen molar-refractivity contribution in [2.75, 3.05) is 32.1 Å². The molecule has 0 radical (unpaired) electrons. The van der Waals surface area contributed by atoms with Gasteiger partial charge < -0.3 is 4.90 Å². The van der Waals surface area contributed by atoms with Crippen molar-refractivity contribution in [3.05, 3.63) is 126 Å². The summed E-state index contributed by atoms with van der Waals surface area (Å²) in [7, 11) is 0.800. The molecule has 0 saturated carbocycles. The topological polar surface area (TPSA) is 39.2 Å². The molecule has 5 aromatic rings. The summed E-state index contributed by atoms with van der Waals surface area (Å²) in [5, 5.41) is 4.78. The zero-order valence-electron chi connectivity index (χ0n) is 22.4. The van der Waals surface area contributed by atoms with Crippen molar-refractivity contribution in [2.24, 2.45) is 4.76 Å². The van der Waals surface area contributed by atoms with Gasteiger partial charge in [-0.05, 0) is 50.4 Å². The largest absolute Gasteiger partial charge is 0.378 e. The molecule has 1 heterocycles. The molecule has 0 aliphatic carbocycles. The standard InChI is InChI=1S/C33H33N4OP/c1-35(2)31-19-17-26(18-20-31)23-34-39(38)36(24-29-13-7-11-27-9-3-5-15-32(27)29)21-22-37(39)25-30-14-8-12-28-10-4-6-16-33(28)30/h3-20,23H,21-22,24-25H2,1-2H3/b34-23+. The molecule has 0 N–H and O–H groups in total. The molecular weight excluding hydrogens is 499 g/mol. The number of anilines is 1. The van der Waals surface area contributed by atoms with E-state index in [2.05, 4.69) is 111 Å². The molecule has 0 amide bonds. The van der Waals surface area contributed by atoms with Crippen LogP contribution in [0.25, 0.3) is 21.5 Å². The summed E-state index contributed by atoms with van der Waals surface area (Å²) in [6.45, 7) is 2.56. The fourth-order valence-electron chi connectivity index (χ4n) is 5.41. The zero-order valence-corrected chi connectivity index (χ0v) is 23.3. The lowest BCUT2D eigenvalue weighted by molar-refractivity contribution is 0.436. The summed E-state index contributed by atoms with van der Waals surface area (Å²) < 4.78 is 24.0. The molecule has 1 aliphatic rings. The highest BCUT2D eigenvalue weighted by atomic mass is 31.2. The van der Waals surface area contributed by atoms with E-state index in [1.54, 1.807) is 6.21 Å². The van der Waals surface area contributed by atoms with Crippen LogP contribution in [-0.2, 0) is 17.7 Å². The van der Waals surface area contributed by atoms with E-state index >= 15 is 0 Å². The average Bonchev–Trinajstić information content (AvgIpc) is 3.27. The highest BCUT2D eigenvalue weighted by Gasteiger charge is 2.42. The van der Waals surface area contributed by atoms with Crippen LogP contribution in [0.2, 0.25) is 0 Å². The van der Waals surface area contributed by atoms with Crippen LogP contribution in [0.5, 0.6) is 0 Å². The van der Waals surface area contributed by atoms with Gasteiger partial charge in [0.25, 0.3) is 0 Å². The van der Waals surface area contributed by atoms with E-state index in [-0.39, 0.29) is 0 Å². The van der Waals surface area contributed by atoms with Gasteiger partial charge >= 0.3 is 7.59 Å². The van der Waals surface area contributed by atoms with Crippen LogP contribution in [0.3, 0.4) is 0 Å². The highest BCUT2D eigenvalue weighted by Crippen LogP contribution is 2.59. The second-order valence-corrected chi connectivity index (χ2v) is 12.7. The number of rotatable bonds is 7. The molecule has 196 valence electrons. The third-order valence-corrected chi connectivity index (χ3v) is 10.2. The summed E-state index contributed by atoms with van der Waals surface area (Å²) in [5.74, 6) is 0. The monoisotopic (exact) mass is 532 g/mol. The third-order valence-electron chi connectivity index (χ3n) is 7.59. The maximum Gasteiger partial charge on any atom is 0.330 e. The Kier molecular flexibility index (Phi) is 7.05. The van der Waals surface area contributed by atoms with Crippen LogP contribution in [0.15, 0.2) is 114 Å². The van der Waals surface area contributed by atoms with Crippen LogP contribution in [0.1, 0.15) is 16.7 Å². The molecule has 6 rings (SSSR count). The van der Waals surface area contributed by atoms with Crippen LogP contribution in [0, 0.1) is 0 Å². The molecule has 0 atom stereocenters. The summed E-state index contributed by atoms with van der Waals surface area (Å²) in [5.41, 5.74) is 4.41. The Labute approximate surface area is 230 Å². The average molecular weight is 533 g/mol. The van der Waals surface area contributed by atoms with Crippen molar-refractivity contribution < 1.29 is 4.57 Å². The van der Waals surface area contributed by atoms with Gasteiger partial charge in [-0.25, -0.2) is 14.1 Å². The molecule has 0 aromatic heterocycles. The quantitative estimate of drug-likeness (QED) is 0.160. The molecule has 0 unspecified atom stereocenters. The van der Waals surface area contributed by atoms with E-state index < -0.39 is 7.59 Å². The SMILES string of the molecule is CN(C)c1ccc(/C=N/P2(=O)N(Cc3cccc4ccccc34)CCN2Cc2cccc3ccccc23)cc1. The van der Waals surface area contributed by atoms with E-state index in [0.29, 0.717) is 26.2 Å². The summed E-state index contributed by atoms with van der Waals surface area (Å²) in [6, 6.07) is 37.7. The maximum atomic E-state index is 15.0. The Morgan fingerprint density at radius 1 is 0.692 bits per heavy atom. The first kappa shape index (κ1) is 25.5. The van der Waals surface area contributed by atoms with Gasteiger partial charge in [-0.15, -0.1) is 0 Å². The molecule has 6 heteroatoms. The Morgan fingerprint density at radius 2 is 1.18 bits per heavy atom. The second-order valence-electron chi connectivity index (χ2n) is 10.3. The number of fused-ring (bicyclic) bond motifs is 2. The van der Waals surface area contributed by atoms with Gasteiger partial charge in [0.1, 0.15) is 0 Å². The molecule has 0 bridgehead atoms. The first-order valence-electron chi connectivity index (χ1n) is 13.4. The molecule has 0 spiro atoms. The fraction of sp³-hybridized carbons (Fsp3) is 0.182. The first-order valence-corrected chi connectivity index (χ1v) is 14.9. The van der Waals surface area contributed by atoms with Gasteiger partial charge in [0.2, 0.25) is 0 Å². The van der Waals surface area contributed by atoms with Gasteiger partial charge in [0, 0.05) is 52.2 Å². The lowest BCUT2D eigenvalue weighted by Gasteiger charge is -2.27. The van der Waals surface area contributed by atoms with Gasteiger partial charge in [-0.3, -0.25) is 4.57 Å². The molecule has 5 nitrogen and oxygen atoms in total. The fourth-order valence-corrected chi connectivity index (χ4v) is 7.72. The summed E-state index contributed by atoms with van der Waals surface area (Å²) in [6.07, 6.45) is 1.79. The second kappa shape index (κ2) is 10.8. The Hall–Kier alpha value is -3.76. The zero-order chi connectivity index (χ0) is 26.8. The van der Waals surface area contributed by atoms with Crippen molar-refractivity contribution in [2.45, 2.75) is 13.1 Å². The molecule has 1 saturated heterocycles. The lowest BCUT2D eigenvalue weighted by atomic mass is 10.0. The highest BCUT2D eigenvalue weighted by molar-refractivity contribution is 7.58. The van der Waals surface area contributed by atoms with Crippen molar-refractivity contribution in [1.82, 2.24) is 9.34 Å². The predicted octanol–water partition coefficient (Wildman–Crippen LogP) is 7.60. The van der Waals surface area contributed by atoms with E-state index in [9.17, 15) is 4.57 Å². The normalized spacial score (nSPS) is 15.9. The Balaban J connectivity index is 1.36. The van der Waals surface area contributed by atoms with E-state index in [1.165, 1.54) is 32.7 Å². The van der Waals surface area contributed by atoms with Gasteiger partial charge in [0.05, 0.1) is 0 Å². The third kappa shape index (κ3) is 5.14. The Bertz CT molecular complexity index is 1590. The van der Waals surface area contributed by atoms with E-state index in [0.717, 1.165) is 11.3 Å². The molecule has 1 fully saturated rings. The molecule has 5 aromatic carbocycles. The smallest absolute Gasteiger partial charge is 0.330 e. The maximum absolute atomic E-state index is 15.0. The van der Waals surface area contributed by atoms with Crippen molar-refractivity contribution in [3.8, 4) is 0 Å². The van der Waals surface area contributed by atoms with Gasteiger partial charge in [-0.1, -0.05) is 97.1 Å². The molecular formula is C33H33N4OP. The van der Waals surface area contributed by atoms with E-state index in [4.69, 9.17) is 4.76 Å². The number of benzene rings is 5. The first-order chi connectivity index (χ1) is 19.0. The van der Waals surface area contributed by atoms with Gasteiger partial charge in [0.15, 0.2) is 0 Å². The number of hydrogen-bond donors (Lipinski definition) is 0. The minimum Gasteiger partial charge on any atom is -0.378 e. The van der Waals surface area contributed by atoms with Crippen molar-refractivity contribution >= 4 is 41.0 Å². The van der Waals surface area contributed by atoms with E-state index in [1.807, 2.05) is 26.2 Å². The lowest BCUT2D eigenvalue weighted by Crippen LogP contribution is -2.19. The minimum atomic E-state index is -3.25. The van der Waals surface area contributed by atoms with Crippen LogP contribution in [-0.4, -0.2) is 42.7 Å². The van der Waals surface area contributed by atoms with Gasteiger partial charge in [-0.2, -0.15) is 0 Å². The van der Waals surface area contributed by atoms with Crippen LogP contribution < -0.4 is 4.90 Å². The predicted molar refractivity (Wildman–Crippen MR) is 165 cm³/mol. The van der Waals surface area contributed by atoms with Crippen LogP contribution >= 0.6 is 7.59 Å². The van der Waals surface area contributed by atoms with Crippen LogP contribution in [0.4, 0.5) is 5.69 Å².